The van der Waals surface area contributed by atoms with Crippen LogP contribution in [-0.4, -0.2) is 23.7 Å². The van der Waals surface area contributed by atoms with Crippen LogP contribution in [0, 0.1) is 0 Å². The van der Waals surface area contributed by atoms with Crippen molar-refractivity contribution >= 4 is 17.3 Å². The maximum atomic E-state index is 10.7. The highest BCUT2D eigenvalue weighted by atomic mass is 32.1. The molecule has 4 heteroatoms. The molecular formula is C9H11NO2S. The summed E-state index contributed by atoms with van der Waals surface area (Å²) in [7, 11) is 0. The quantitative estimate of drug-likeness (QED) is 0.750. The van der Waals surface area contributed by atoms with Crippen molar-refractivity contribution in [2.75, 3.05) is 6.54 Å². The van der Waals surface area contributed by atoms with E-state index >= 15 is 0 Å². The highest BCUT2D eigenvalue weighted by Gasteiger charge is 2.29. The Morgan fingerprint density at radius 2 is 2.54 bits per heavy atom. The lowest BCUT2D eigenvalue weighted by Gasteiger charge is -2.04. The van der Waals surface area contributed by atoms with Crippen LogP contribution >= 0.6 is 11.3 Å². The fraction of sp³-hybridized carbons (Fsp3) is 0.444. The van der Waals surface area contributed by atoms with Gasteiger partial charge < -0.3 is 10.4 Å². The molecular weight excluding hydrogens is 186 g/mol. The molecule has 2 N–H and O–H groups in total. The number of hydrogen-bond acceptors (Lipinski definition) is 3. The zero-order valence-corrected chi connectivity index (χ0v) is 7.88. The fourth-order valence-electron chi connectivity index (χ4n) is 1.69. The van der Waals surface area contributed by atoms with Gasteiger partial charge in [0.2, 0.25) is 0 Å². The van der Waals surface area contributed by atoms with Crippen molar-refractivity contribution in [3.63, 3.8) is 0 Å². The molecule has 2 rings (SSSR count). The minimum atomic E-state index is -0.738. The molecule has 1 fully saturated rings. The molecule has 0 aromatic carbocycles. The van der Waals surface area contributed by atoms with E-state index in [0.717, 1.165) is 6.54 Å². The van der Waals surface area contributed by atoms with Crippen LogP contribution in [0.1, 0.15) is 17.9 Å². The monoisotopic (exact) mass is 197 g/mol. The van der Waals surface area contributed by atoms with Crippen LogP contribution in [0.2, 0.25) is 0 Å². The lowest BCUT2D eigenvalue weighted by atomic mass is 9.99. The third kappa shape index (κ3) is 1.73. The molecule has 1 aliphatic heterocycles. The average Bonchev–Trinajstić information content (AvgIpc) is 2.75. The Hall–Kier alpha value is -0.870. The number of nitrogens with one attached hydrogen (secondary N) is 1. The number of hydrogen-bond donors (Lipinski definition) is 2. The first-order valence-electron chi connectivity index (χ1n) is 4.25. The molecule has 0 bridgehead atoms. The van der Waals surface area contributed by atoms with Gasteiger partial charge in [-0.3, -0.25) is 4.79 Å². The molecule has 2 atom stereocenters. The minimum absolute atomic E-state index is 0.357. The summed E-state index contributed by atoms with van der Waals surface area (Å²) in [5.41, 5.74) is 1.27. The van der Waals surface area contributed by atoms with Crippen LogP contribution in [0.15, 0.2) is 16.8 Å². The van der Waals surface area contributed by atoms with Crippen molar-refractivity contribution < 1.29 is 9.90 Å². The number of carbonyl (C=O) groups is 1. The molecule has 2 heterocycles. The zero-order chi connectivity index (χ0) is 9.26. The molecule has 3 nitrogen and oxygen atoms in total. The first-order valence-corrected chi connectivity index (χ1v) is 5.20. The van der Waals surface area contributed by atoms with Gasteiger partial charge in [-0.05, 0) is 34.7 Å². The third-order valence-corrected chi connectivity index (χ3v) is 3.15. The van der Waals surface area contributed by atoms with Crippen LogP contribution in [0.25, 0.3) is 0 Å². The van der Waals surface area contributed by atoms with Crippen molar-refractivity contribution in [2.24, 2.45) is 0 Å². The SMILES string of the molecule is O=C(O)[C@@H]1CC(c2ccsc2)CN1. The van der Waals surface area contributed by atoms with Gasteiger partial charge in [-0.25, -0.2) is 0 Å². The van der Waals surface area contributed by atoms with E-state index in [1.807, 2.05) is 5.38 Å². The van der Waals surface area contributed by atoms with E-state index in [-0.39, 0.29) is 6.04 Å². The Labute approximate surface area is 80.4 Å². The van der Waals surface area contributed by atoms with Gasteiger partial charge >= 0.3 is 5.97 Å². The van der Waals surface area contributed by atoms with Crippen molar-refractivity contribution in [1.29, 1.82) is 0 Å². The van der Waals surface area contributed by atoms with E-state index < -0.39 is 5.97 Å². The molecule has 1 saturated heterocycles. The van der Waals surface area contributed by atoms with Crippen LogP contribution in [0.3, 0.4) is 0 Å². The number of carboxylic acid groups (broad SMARTS) is 1. The van der Waals surface area contributed by atoms with Gasteiger partial charge in [0.25, 0.3) is 0 Å². The molecule has 1 unspecified atom stereocenters. The second kappa shape index (κ2) is 3.47. The molecule has 0 saturated carbocycles. The maximum absolute atomic E-state index is 10.7. The summed E-state index contributed by atoms with van der Waals surface area (Å²) in [4.78, 5) is 10.7. The van der Waals surface area contributed by atoms with Gasteiger partial charge in [0, 0.05) is 6.54 Å². The number of aliphatic carboxylic acids is 1. The molecule has 13 heavy (non-hydrogen) atoms. The molecule has 0 spiro atoms. The standard InChI is InChI=1S/C9H11NO2S/c11-9(12)8-3-7(4-10-8)6-1-2-13-5-6/h1-2,5,7-8,10H,3-4H2,(H,11,12)/t7?,8-/m0/s1. The summed E-state index contributed by atoms with van der Waals surface area (Å²) in [6.07, 6.45) is 0.714. The Bertz CT molecular complexity index is 297. The van der Waals surface area contributed by atoms with Gasteiger partial charge in [-0.1, -0.05) is 0 Å². The van der Waals surface area contributed by atoms with Gasteiger partial charge in [0.05, 0.1) is 0 Å². The molecule has 1 aliphatic rings. The summed E-state index contributed by atoms with van der Waals surface area (Å²) in [6, 6.07) is 1.71. The topological polar surface area (TPSA) is 49.3 Å². The Balaban J connectivity index is 2.03. The lowest BCUT2D eigenvalue weighted by molar-refractivity contribution is -0.139. The van der Waals surface area contributed by atoms with E-state index in [4.69, 9.17) is 5.11 Å². The maximum Gasteiger partial charge on any atom is 0.320 e. The number of thiophene rings is 1. The van der Waals surface area contributed by atoms with Gasteiger partial charge in [0.15, 0.2) is 0 Å². The lowest BCUT2D eigenvalue weighted by Crippen LogP contribution is -2.29. The Kier molecular flexibility index (Phi) is 2.33. The first kappa shape index (κ1) is 8.72. The normalized spacial score (nSPS) is 27.7. The van der Waals surface area contributed by atoms with E-state index in [9.17, 15) is 4.79 Å². The highest BCUT2D eigenvalue weighted by Crippen LogP contribution is 2.27. The predicted octanol–water partition coefficient (Wildman–Crippen LogP) is 1.28. The largest absolute Gasteiger partial charge is 0.480 e. The molecule has 70 valence electrons. The van der Waals surface area contributed by atoms with E-state index in [0.29, 0.717) is 12.3 Å². The molecule has 0 radical (unpaired) electrons. The molecule has 1 aromatic rings. The summed E-state index contributed by atoms with van der Waals surface area (Å²) >= 11 is 1.66. The van der Waals surface area contributed by atoms with Crippen LogP contribution in [0.5, 0.6) is 0 Å². The summed E-state index contributed by atoms with van der Waals surface area (Å²) in [5.74, 6) is -0.356. The van der Waals surface area contributed by atoms with E-state index in [2.05, 4.69) is 16.8 Å². The number of carboxylic acids is 1. The molecule has 1 aromatic heterocycles. The molecule has 0 amide bonds. The van der Waals surface area contributed by atoms with Gasteiger partial charge in [-0.2, -0.15) is 11.3 Å². The van der Waals surface area contributed by atoms with E-state index in [1.54, 1.807) is 11.3 Å². The Morgan fingerprint density at radius 1 is 1.69 bits per heavy atom. The second-order valence-electron chi connectivity index (χ2n) is 3.29. The van der Waals surface area contributed by atoms with Crippen molar-refractivity contribution in [3.05, 3.63) is 22.4 Å². The predicted molar refractivity (Wildman–Crippen MR) is 51.1 cm³/mol. The van der Waals surface area contributed by atoms with Gasteiger partial charge in [0.1, 0.15) is 6.04 Å². The van der Waals surface area contributed by atoms with Crippen molar-refractivity contribution in [2.45, 2.75) is 18.4 Å². The average molecular weight is 197 g/mol. The summed E-state index contributed by atoms with van der Waals surface area (Å²) in [5, 5.41) is 15.9. The van der Waals surface area contributed by atoms with Crippen molar-refractivity contribution in [3.8, 4) is 0 Å². The van der Waals surface area contributed by atoms with Crippen LogP contribution < -0.4 is 5.32 Å². The zero-order valence-electron chi connectivity index (χ0n) is 7.06. The third-order valence-electron chi connectivity index (χ3n) is 2.44. The highest BCUT2D eigenvalue weighted by molar-refractivity contribution is 7.07. The smallest absolute Gasteiger partial charge is 0.320 e. The van der Waals surface area contributed by atoms with Crippen molar-refractivity contribution in [1.82, 2.24) is 5.32 Å². The summed E-state index contributed by atoms with van der Waals surface area (Å²) in [6.45, 7) is 0.785. The van der Waals surface area contributed by atoms with Gasteiger partial charge in [-0.15, -0.1) is 0 Å². The minimum Gasteiger partial charge on any atom is -0.480 e. The summed E-state index contributed by atoms with van der Waals surface area (Å²) < 4.78 is 0. The second-order valence-corrected chi connectivity index (χ2v) is 4.07. The molecule has 0 aliphatic carbocycles. The Morgan fingerprint density at radius 3 is 3.08 bits per heavy atom. The van der Waals surface area contributed by atoms with E-state index in [1.165, 1.54) is 5.56 Å². The number of rotatable bonds is 2. The fourth-order valence-corrected chi connectivity index (χ4v) is 2.43. The van der Waals surface area contributed by atoms with Crippen LogP contribution in [0.4, 0.5) is 0 Å². The first-order chi connectivity index (χ1) is 6.27. The van der Waals surface area contributed by atoms with Crippen LogP contribution in [-0.2, 0) is 4.79 Å².